The quantitative estimate of drug-likeness (QED) is 0.918. The number of hydrogen-bond donors (Lipinski definition) is 1. The Labute approximate surface area is 99.8 Å². The van der Waals surface area contributed by atoms with Crippen LogP contribution in [-0.4, -0.2) is 20.1 Å². The maximum atomic E-state index is 13.6. The fourth-order valence-corrected chi connectivity index (χ4v) is 1.92. The summed E-state index contributed by atoms with van der Waals surface area (Å²) in [6.45, 7) is 1.52. The predicted octanol–water partition coefficient (Wildman–Crippen LogP) is 1.97. The van der Waals surface area contributed by atoms with E-state index in [9.17, 15) is 4.39 Å². The third kappa shape index (κ3) is 1.74. The fraction of sp³-hybridized carbons (Fsp3) is 0.200. The van der Waals surface area contributed by atoms with Gasteiger partial charge in [-0.3, -0.25) is 0 Å². The number of halogens is 2. The molecule has 6 heteroatoms. The number of para-hydroxylation sites is 1. The van der Waals surface area contributed by atoms with Crippen molar-refractivity contribution < 1.29 is 9.50 Å². The van der Waals surface area contributed by atoms with Crippen LogP contribution in [0.15, 0.2) is 22.7 Å². The zero-order chi connectivity index (χ0) is 11.7. The first-order valence-electron chi connectivity index (χ1n) is 4.61. The van der Waals surface area contributed by atoms with Crippen molar-refractivity contribution in [1.29, 1.82) is 0 Å². The maximum Gasteiger partial charge on any atom is 0.150 e. The monoisotopic (exact) mass is 285 g/mol. The van der Waals surface area contributed by atoms with E-state index in [1.807, 2.05) is 0 Å². The van der Waals surface area contributed by atoms with Crippen LogP contribution in [0.25, 0.3) is 5.69 Å². The van der Waals surface area contributed by atoms with Crippen LogP contribution in [0.4, 0.5) is 4.39 Å². The lowest BCUT2D eigenvalue weighted by Gasteiger charge is -2.06. The number of rotatable bonds is 2. The first-order valence-corrected chi connectivity index (χ1v) is 5.41. The van der Waals surface area contributed by atoms with E-state index in [-0.39, 0.29) is 6.61 Å². The summed E-state index contributed by atoms with van der Waals surface area (Å²) in [6.07, 6.45) is 0. The standard InChI is InChI=1S/C10H9BrFN3O/c1-6-9(5-16)13-14-15(6)10-7(11)3-2-4-8(10)12/h2-4,16H,5H2,1H3. The van der Waals surface area contributed by atoms with Gasteiger partial charge in [0.25, 0.3) is 0 Å². The van der Waals surface area contributed by atoms with Gasteiger partial charge in [-0.25, -0.2) is 9.07 Å². The zero-order valence-electron chi connectivity index (χ0n) is 8.48. The molecule has 0 unspecified atom stereocenters. The van der Waals surface area contributed by atoms with Crippen LogP contribution in [-0.2, 0) is 6.61 Å². The molecule has 0 atom stereocenters. The molecule has 1 heterocycles. The molecule has 0 spiro atoms. The van der Waals surface area contributed by atoms with Crippen LogP contribution in [0.3, 0.4) is 0 Å². The minimum absolute atomic E-state index is 0.210. The van der Waals surface area contributed by atoms with Crippen LogP contribution in [0.1, 0.15) is 11.4 Å². The summed E-state index contributed by atoms with van der Waals surface area (Å²) in [6, 6.07) is 4.67. The van der Waals surface area contributed by atoms with Gasteiger partial charge in [-0.15, -0.1) is 5.10 Å². The smallest absolute Gasteiger partial charge is 0.150 e. The summed E-state index contributed by atoms with van der Waals surface area (Å²) in [7, 11) is 0. The average molecular weight is 286 g/mol. The van der Waals surface area contributed by atoms with Crippen molar-refractivity contribution in [3.63, 3.8) is 0 Å². The Hall–Kier alpha value is -1.27. The molecular formula is C10H9BrFN3O. The van der Waals surface area contributed by atoms with Gasteiger partial charge in [-0.2, -0.15) is 0 Å². The van der Waals surface area contributed by atoms with Gasteiger partial charge in [-0.1, -0.05) is 11.3 Å². The van der Waals surface area contributed by atoms with Crippen LogP contribution in [0.2, 0.25) is 0 Å². The Morgan fingerprint density at radius 2 is 2.25 bits per heavy atom. The van der Waals surface area contributed by atoms with Crippen molar-refractivity contribution in [2.24, 2.45) is 0 Å². The summed E-state index contributed by atoms with van der Waals surface area (Å²) >= 11 is 3.26. The van der Waals surface area contributed by atoms with Gasteiger partial charge < -0.3 is 5.11 Å². The maximum absolute atomic E-state index is 13.6. The molecule has 0 amide bonds. The van der Waals surface area contributed by atoms with Gasteiger partial charge in [0, 0.05) is 4.47 Å². The highest BCUT2D eigenvalue weighted by Gasteiger charge is 2.15. The van der Waals surface area contributed by atoms with E-state index < -0.39 is 5.82 Å². The van der Waals surface area contributed by atoms with E-state index in [0.29, 0.717) is 21.5 Å². The second-order valence-electron chi connectivity index (χ2n) is 3.26. The number of aromatic nitrogens is 3. The molecule has 1 N–H and O–H groups in total. The van der Waals surface area contributed by atoms with Gasteiger partial charge >= 0.3 is 0 Å². The third-order valence-electron chi connectivity index (χ3n) is 2.29. The van der Waals surface area contributed by atoms with Gasteiger partial charge in [0.05, 0.1) is 12.3 Å². The molecule has 2 aromatic rings. The van der Waals surface area contributed by atoms with Crippen LogP contribution < -0.4 is 0 Å². The second kappa shape index (κ2) is 4.31. The number of nitrogens with zero attached hydrogens (tertiary/aromatic N) is 3. The number of aliphatic hydroxyl groups is 1. The van der Waals surface area contributed by atoms with Crippen molar-refractivity contribution in [1.82, 2.24) is 15.0 Å². The summed E-state index contributed by atoms with van der Waals surface area (Å²) in [4.78, 5) is 0. The van der Waals surface area contributed by atoms with Crippen molar-refractivity contribution in [2.75, 3.05) is 0 Å². The van der Waals surface area contributed by atoms with E-state index in [0.717, 1.165) is 0 Å². The summed E-state index contributed by atoms with van der Waals surface area (Å²) in [5.74, 6) is -0.396. The lowest BCUT2D eigenvalue weighted by molar-refractivity contribution is 0.276. The molecule has 0 aliphatic heterocycles. The lowest BCUT2D eigenvalue weighted by atomic mass is 10.3. The first-order chi connectivity index (χ1) is 7.65. The van der Waals surface area contributed by atoms with E-state index in [1.54, 1.807) is 19.1 Å². The van der Waals surface area contributed by atoms with Gasteiger partial charge in [-0.05, 0) is 35.0 Å². The highest BCUT2D eigenvalue weighted by atomic mass is 79.9. The Morgan fingerprint density at radius 1 is 1.50 bits per heavy atom. The fourth-order valence-electron chi connectivity index (χ4n) is 1.41. The number of benzene rings is 1. The molecule has 0 bridgehead atoms. The summed E-state index contributed by atoms with van der Waals surface area (Å²) in [5, 5.41) is 16.6. The van der Waals surface area contributed by atoms with Crippen LogP contribution >= 0.6 is 15.9 Å². The molecule has 0 saturated heterocycles. The molecular weight excluding hydrogens is 277 g/mol. The van der Waals surface area contributed by atoms with E-state index in [4.69, 9.17) is 5.11 Å². The topological polar surface area (TPSA) is 50.9 Å². The lowest BCUT2D eigenvalue weighted by Crippen LogP contribution is -2.03. The summed E-state index contributed by atoms with van der Waals surface area (Å²) in [5.41, 5.74) is 1.36. The molecule has 1 aromatic carbocycles. The molecule has 84 valence electrons. The summed E-state index contributed by atoms with van der Waals surface area (Å²) < 4.78 is 15.6. The van der Waals surface area contributed by atoms with Crippen LogP contribution in [0, 0.1) is 12.7 Å². The zero-order valence-corrected chi connectivity index (χ0v) is 10.1. The highest BCUT2D eigenvalue weighted by Crippen LogP contribution is 2.24. The molecule has 0 fully saturated rings. The molecule has 2 rings (SSSR count). The SMILES string of the molecule is Cc1c(CO)nnn1-c1c(F)cccc1Br. The minimum atomic E-state index is -0.396. The van der Waals surface area contributed by atoms with Gasteiger partial charge in [0.2, 0.25) is 0 Å². The normalized spacial score (nSPS) is 10.8. The van der Waals surface area contributed by atoms with Crippen molar-refractivity contribution >= 4 is 15.9 Å². The molecule has 4 nitrogen and oxygen atoms in total. The van der Waals surface area contributed by atoms with Gasteiger partial charge in [0.15, 0.2) is 0 Å². The Balaban J connectivity index is 2.63. The molecule has 0 saturated carbocycles. The molecule has 0 radical (unpaired) electrons. The van der Waals surface area contributed by atoms with Gasteiger partial charge in [0.1, 0.15) is 17.2 Å². The Kier molecular flexibility index (Phi) is 3.02. The van der Waals surface area contributed by atoms with Crippen molar-refractivity contribution in [2.45, 2.75) is 13.5 Å². The average Bonchev–Trinajstić information content (AvgIpc) is 2.60. The largest absolute Gasteiger partial charge is 0.390 e. The third-order valence-corrected chi connectivity index (χ3v) is 2.93. The minimum Gasteiger partial charge on any atom is -0.390 e. The molecule has 0 aliphatic carbocycles. The predicted molar refractivity (Wildman–Crippen MR) is 59.7 cm³/mol. The Bertz CT molecular complexity index is 507. The highest BCUT2D eigenvalue weighted by molar-refractivity contribution is 9.10. The molecule has 16 heavy (non-hydrogen) atoms. The van der Waals surface area contributed by atoms with E-state index in [1.165, 1.54) is 10.7 Å². The number of hydrogen-bond acceptors (Lipinski definition) is 3. The first kappa shape index (κ1) is 11.2. The van der Waals surface area contributed by atoms with Crippen LogP contribution in [0.5, 0.6) is 0 Å². The van der Waals surface area contributed by atoms with Crippen molar-refractivity contribution in [3.05, 3.63) is 39.9 Å². The Morgan fingerprint density at radius 3 is 2.81 bits per heavy atom. The van der Waals surface area contributed by atoms with Crippen molar-refractivity contribution in [3.8, 4) is 5.69 Å². The number of aliphatic hydroxyl groups excluding tert-OH is 1. The van der Waals surface area contributed by atoms with E-state index in [2.05, 4.69) is 26.2 Å². The molecule has 1 aromatic heterocycles. The van der Waals surface area contributed by atoms with E-state index >= 15 is 0 Å². The molecule has 0 aliphatic rings. The second-order valence-corrected chi connectivity index (χ2v) is 4.12.